The molecule has 2 rings (SSSR count). The van der Waals surface area contributed by atoms with E-state index in [0.717, 1.165) is 5.01 Å². The maximum absolute atomic E-state index is 12.0. The van der Waals surface area contributed by atoms with Gasteiger partial charge in [0.25, 0.3) is 5.91 Å². The molecule has 0 bridgehead atoms. The van der Waals surface area contributed by atoms with E-state index < -0.39 is 11.9 Å². The second kappa shape index (κ2) is 4.89. The van der Waals surface area contributed by atoms with E-state index in [1.807, 2.05) is 6.92 Å². The van der Waals surface area contributed by atoms with Crippen molar-refractivity contribution in [2.45, 2.75) is 26.3 Å². The van der Waals surface area contributed by atoms with Gasteiger partial charge in [-0.3, -0.25) is 9.59 Å². The second-order valence-corrected chi connectivity index (χ2v) is 5.50. The van der Waals surface area contributed by atoms with E-state index in [1.165, 1.54) is 11.3 Å². The molecule has 1 aliphatic rings. The molecular weight excluding hydrogens is 252 g/mol. The number of hydrogen-bond donors (Lipinski definition) is 2. The highest BCUT2D eigenvalue weighted by atomic mass is 32.1. The third kappa shape index (κ3) is 2.59. The molecule has 0 aromatic carbocycles. The lowest BCUT2D eigenvalue weighted by atomic mass is 10.1. The Labute approximate surface area is 109 Å². The highest BCUT2D eigenvalue weighted by Crippen LogP contribution is 2.20. The average molecular weight is 266 g/mol. The van der Waals surface area contributed by atoms with Crippen molar-refractivity contribution in [1.82, 2.24) is 10.3 Å². The number of thiazole rings is 1. The molecule has 18 heavy (non-hydrogen) atoms. The van der Waals surface area contributed by atoms with Crippen molar-refractivity contribution >= 4 is 23.2 Å². The zero-order valence-electron chi connectivity index (χ0n) is 10.1. The van der Waals surface area contributed by atoms with Gasteiger partial charge in [0.1, 0.15) is 4.88 Å². The molecule has 0 radical (unpaired) electrons. The van der Waals surface area contributed by atoms with E-state index in [2.05, 4.69) is 10.3 Å². The van der Waals surface area contributed by atoms with Crippen LogP contribution in [0.25, 0.3) is 0 Å². The summed E-state index contributed by atoms with van der Waals surface area (Å²) in [5.41, 5.74) is 0.715. The van der Waals surface area contributed by atoms with Gasteiger partial charge in [-0.1, -0.05) is 12.2 Å². The van der Waals surface area contributed by atoms with Gasteiger partial charge in [0.05, 0.1) is 16.6 Å². The predicted octanol–water partition coefficient (Wildman–Crippen LogP) is 1.52. The third-order valence-corrected chi connectivity index (χ3v) is 3.90. The summed E-state index contributed by atoms with van der Waals surface area (Å²) in [6.45, 7) is 3.65. The molecule has 2 N–H and O–H groups in total. The van der Waals surface area contributed by atoms with Crippen LogP contribution in [0.1, 0.15) is 26.8 Å². The fraction of sp³-hybridized carbons (Fsp3) is 0.417. The topological polar surface area (TPSA) is 79.3 Å². The number of aliphatic carboxylic acids is 1. The fourth-order valence-corrected chi connectivity index (χ4v) is 2.79. The van der Waals surface area contributed by atoms with Gasteiger partial charge in [-0.15, -0.1) is 11.3 Å². The Morgan fingerprint density at radius 2 is 2.17 bits per heavy atom. The smallest absolute Gasteiger partial charge is 0.310 e. The standard InChI is InChI=1S/C12H14N2O3S/c1-6-10(18-7(2)13-6)11(15)14-9-4-3-8(5-9)12(16)17/h3-4,8-9H,5H2,1-2H3,(H,14,15)(H,16,17). The van der Waals surface area contributed by atoms with Gasteiger partial charge in [-0.05, 0) is 20.3 Å². The lowest BCUT2D eigenvalue weighted by Gasteiger charge is -2.11. The lowest BCUT2D eigenvalue weighted by molar-refractivity contribution is -0.140. The maximum atomic E-state index is 12.0. The molecule has 96 valence electrons. The van der Waals surface area contributed by atoms with Crippen molar-refractivity contribution in [3.8, 4) is 0 Å². The SMILES string of the molecule is Cc1nc(C)c(C(=O)NC2C=CC(C(=O)O)C2)s1. The van der Waals surface area contributed by atoms with Crippen molar-refractivity contribution in [1.29, 1.82) is 0 Å². The van der Waals surface area contributed by atoms with Crippen LogP contribution in [-0.2, 0) is 4.79 Å². The maximum Gasteiger partial charge on any atom is 0.310 e. The minimum atomic E-state index is -0.854. The number of carbonyl (C=O) groups is 2. The average Bonchev–Trinajstić information content (AvgIpc) is 2.85. The highest BCUT2D eigenvalue weighted by molar-refractivity contribution is 7.13. The first kappa shape index (κ1) is 12.8. The van der Waals surface area contributed by atoms with Crippen molar-refractivity contribution < 1.29 is 14.7 Å². The summed E-state index contributed by atoms with van der Waals surface area (Å²) >= 11 is 1.35. The Hall–Kier alpha value is -1.69. The minimum absolute atomic E-state index is 0.182. The van der Waals surface area contributed by atoms with Gasteiger partial charge >= 0.3 is 5.97 Å². The zero-order valence-corrected chi connectivity index (χ0v) is 11.0. The van der Waals surface area contributed by atoms with Crippen LogP contribution in [-0.4, -0.2) is 28.0 Å². The van der Waals surface area contributed by atoms with Crippen molar-refractivity contribution in [3.05, 3.63) is 27.7 Å². The van der Waals surface area contributed by atoms with E-state index in [0.29, 0.717) is 17.0 Å². The number of nitrogens with zero attached hydrogens (tertiary/aromatic N) is 1. The number of nitrogens with one attached hydrogen (secondary N) is 1. The Morgan fingerprint density at radius 1 is 1.44 bits per heavy atom. The monoisotopic (exact) mass is 266 g/mol. The zero-order chi connectivity index (χ0) is 13.3. The molecule has 5 nitrogen and oxygen atoms in total. The van der Waals surface area contributed by atoms with Crippen LogP contribution in [0.4, 0.5) is 0 Å². The first-order valence-corrected chi connectivity index (χ1v) is 6.45. The molecule has 1 amide bonds. The molecule has 0 aliphatic heterocycles. The first-order valence-electron chi connectivity index (χ1n) is 5.63. The molecule has 1 aromatic rings. The van der Waals surface area contributed by atoms with Gasteiger partial charge < -0.3 is 10.4 Å². The molecule has 0 saturated carbocycles. The minimum Gasteiger partial charge on any atom is -0.481 e. The van der Waals surface area contributed by atoms with Gasteiger partial charge in [0, 0.05) is 6.04 Å². The Morgan fingerprint density at radius 3 is 2.67 bits per heavy atom. The molecule has 2 atom stereocenters. The van der Waals surface area contributed by atoms with Crippen LogP contribution < -0.4 is 5.32 Å². The van der Waals surface area contributed by atoms with E-state index in [4.69, 9.17) is 5.11 Å². The highest BCUT2D eigenvalue weighted by Gasteiger charge is 2.26. The molecule has 1 aliphatic carbocycles. The van der Waals surface area contributed by atoms with Gasteiger partial charge in [0.2, 0.25) is 0 Å². The number of rotatable bonds is 3. The van der Waals surface area contributed by atoms with Crippen LogP contribution in [0, 0.1) is 19.8 Å². The lowest BCUT2D eigenvalue weighted by Crippen LogP contribution is -2.33. The third-order valence-electron chi connectivity index (χ3n) is 2.83. The van der Waals surface area contributed by atoms with Gasteiger partial charge in [0.15, 0.2) is 0 Å². The summed E-state index contributed by atoms with van der Waals surface area (Å²) in [4.78, 5) is 27.6. The van der Waals surface area contributed by atoms with E-state index in [1.54, 1.807) is 19.1 Å². The normalized spacial score (nSPS) is 22.1. The Kier molecular flexibility index (Phi) is 3.47. The van der Waals surface area contributed by atoms with Crippen LogP contribution in [0.2, 0.25) is 0 Å². The summed E-state index contributed by atoms with van der Waals surface area (Å²) in [6, 6.07) is -0.208. The van der Waals surface area contributed by atoms with Crippen molar-refractivity contribution in [3.63, 3.8) is 0 Å². The molecule has 1 aromatic heterocycles. The summed E-state index contributed by atoms with van der Waals surface area (Å²) < 4.78 is 0. The molecule has 6 heteroatoms. The number of aryl methyl sites for hydroxylation is 2. The van der Waals surface area contributed by atoms with E-state index in [9.17, 15) is 9.59 Å². The van der Waals surface area contributed by atoms with E-state index >= 15 is 0 Å². The van der Waals surface area contributed by atoms with Gasteiger partial charge in [-0.25, -0.2) is 4.98 Å². The van der Waals surface area contributed by atoms with Crippen LogP contribution in [0.5, 0.6) is 0 Å². The largest absolute Gasteiger partial charge is 0.481 e. The molecule has 0 saturated heterocycles. The first-order chi connectivity index (χ1) is 8.47. The number of carboxylic acid groups (broad SMARTS) is 1. The Bertz CT molecular complexity index is 521. The summed E-state index contributed by atoms with van der Waals surface area (Å²) in [6.07, 6.45) is 3.77. The molecule has 2 unspecified atom stereocenters. The second-order valence-electron chi connectivity index (χ2n) is 4.29. The predicted molar refractivity (Wildman–Crippen MR) is 67.7 cm³/mol. The van der Waals surface area contributed by atoms with E-state index in [-0.39, 0.29) is 11.9 Å². The fourth-order valence-electron chi connectivity index (χ4n) is 1.97. The van der Waals surface area contributed by atoms with Gasteiger partial charge in [-0.2, -0.15) is 0 Å². The molecular formula is C12H14N2O3S. The summed E-state index contributed by atoms with van der Waals surface area (Å²) in [7, 11) is 0. The van der Waals surface area contributed by atoms with Crippen LogP contribution in [0.3, 0.4) is 0 Å². The summed E-state index contributed by atoms with van der Waals surface area (Å²) in [5, 5.41) is 12.5. The number of amides is 1. The van der Waals surface area contributed by atoms with Crippen LogP contribution >= 0.6 is 11.3 Å². The molecule has 0 fully saturated rings. The quantitative estimate of drug-likeness (QED) is 0.813. The summed E-state index contributed by atoms with van der Waals surface area (Å²) in [5.74, 6) is -1.54. The van der Waals surface area contributed by atoms with Crippen LogP contribution in [0.15, 0.2) is 12.2 Å². The number of aromatic nitrogens is 1. The Balaban J connectivity index is 2.00. The van der Waals surface area contributed by atoms with Crippen molar-refractivity contribution in [2.75, 3.05) is 0 Å². The number of carboxylic acids is 1. The molecule has 0 spiro atoms. The molecule has 1 heterocycles. The number of carbonyl (C=O) groups excluding carboxylic acids is 1. The van der Waals surface area contributed by atoms with Crippen molar-refractivity contribution in [2.24, 2.45) is 5.92 Å². The number of hydrogen-bond acceptors (Lipinski definition) is 4.